The summed E-state index contributed by atoms with van der Waals surface area (Å²) in [6.07, 6.45) is 0. The minimum Gasteiger partial charge on any atom is -0.459 e. The Morgan fingerprint density at radius 1 is 1.07 bits per heavy atom. The molecule has 0 fully saturated rings. The molecule has 6 heteroatoms. The summed E-state index contributed by atoms with van der Waals surface area (Å²) in [7, 11) is 0. The smallest absolute Gasteiger partial charge is 0.226 e. The lowest BCUT2D eigenvalue weighted by Crippen LogP contribution is -2.17. The number of furan rings is 1. The van der Waals surface area contributed by atoms with E-state index in [2.05, 4.69) is 10.6 Å². The van der Waals surface area contributed by atoms with Gasteiger partial charge in [0.05, 0.1) is 11.6 Å². The van der Waals surface area contributed by atoms with E-state index in [0.29, 0.717) is 12.3 Å². The van der Waals surface area contributed by atoms with Gasteiger partial charge in [-0.1, -0.05) is 25.4 Å². The normalized spacial score (nSPS) is 10.9. The van der Waals surface area contributed by atoms with Crippen molar-refractivity contribution in [1.82, 2.24) is 0 Å². The molecule has 140 valence electrons. The first kappa shape index (κ1) is 19.0. The number of hydrogen-bond donors (Lipinski definition) is 2. The summed E-state index contributed by atoms with van der Waals surface area (Å²) in [4.78, 5) is 11.7. The molecule has 2 N–H and O–H groups in total. The van der Waals surface area contributed by atoms with E-state index >= 15 is 0 Å². The third-order valence-electron chi connectivity index (χ3n) is 4.01. The molecule has 0 unspecified atom stereocenters. The third kappa shape index (κ3) is 4.89. The van der Waals surface area contributed by atoms with E-state index in [-0.39, 0.29) is 16.8 Å². The fourth-order valence-corrected chi connectivity index (χ4v) is 2.61. The highest BCUT2D eigenvalue weighted by molar-refractivity contribution is 6.31. The first-order valence-corrected chi connectivity index (χ1v) is 8.99. The molecule has 0 saturated heterocycles. The van der Waals surface area contributed by atoms with Gasteiger partial charge in [-0.25, -0.2) is 4.39 Å². The molecule has 27 heavy (non-hydrogen) atoms. The van der Waals surface area contributed by atoms with Crippen LogP contribution in [0.1, 0.15) is 19.6 Å². The summed E-state index contributed by atoms with van der Waals surface area (Å²) in [5, 5.41) is 6.17. The van der Waals surface area contributed by atoms with Crippen LogP contribution < -0.4 is 10.6 Å². The van der Waals surface area contributed by atoms with E-state index in [1.165, 1.54) is 12.1 Å². The zero-order valence-electron chi connectivity index (χ0n) is 15.1. The molecule has 0 bridgehead atoms. The van der Waals surface area contributed by atoms with Gasteiger partial charge in [-0.2, -0.15) is 0 Å². The SMILES string of the molecule is CC(C)C(=O)Nc1ccc(NCc2ccc(-c3ccc(F)c(Cl)c3)o2)cc1. The molecule has 0 saturated carbocycles. The number of amides is 1. The topological polar surface area (TPSA) is 54.3 Å². The maximum atomic E-state index is 13.3. The second kappa shape index (κ2) is 8.27. The Balaban J connectivity index is 1.60. The fraction of sp³-hybridized carbons (Fsp3) is 0.190. The van der Waals surface area contributed by atoms with Crippen LogP contribution in [0.25, 0.3) is 11.3 Å². The van der Waals surface area contributed by atoms with Gasteiger partial charge in [-0.05, 0) is 54.6 Å². The van der Waals surface area contributed by atoms with Gasteiger partial charge in [0.1, 0.15) is 17.3 Å². The number of nitrogens with one attached hydrogen (secondary N) is 2. The van der Waals surface area contributed by atoms with Crippen LogP contribution in [0.5, 0.6) is 0 Å². The van der Waals surface area contributed by atoms with Crippen LogP contribution in [-0.4, -0.2) is 5.91 Å². The summed E-state index contributed by atoms with van der Waals surface area (Å²) < 4.78 is 19.1. The quantitative estimate of drug-likeness (QED) is 0.550. The van der Waals surface area contributed by atoms with Gasteiger partial charge in [0, 0.05) is 22.9 Å². The molecule has 1 aromatic heterocycles. The standard InChI is InChI=1S/C21H20ClFN2O2/c1-13(2)21(26)25-16-6-4-15(5-7-16)24-12-17-8-10-20(27-17)14-3-9-19(23)18(22)11-14/h3-11,13,24H,12H2,1-2H3,(H,25,26). The second-order valence-corrected chi connectivity index (χ2v) is 6.88. The van der Waals surface area contributed by atoms with E-state index in [1.54, 1.807) is 6.07 Å². The zero-order valence-corrected chi connectivity index (χ0v) is 15.8. The summed E-state index contributed by atoms with van der Waals surface area (Å²) in [5.41, 5.74) is 2.38. The average molecular weight is 387 g/mol. The molecule has 0 aliphatic heterocycles. The van der Waals surface area contributed by atoms with E-state index in [1.807, 2.05) is 50.2 Å². The molecule has 4 nitrogen and oxygen atoms in total. The van der Waals surface area contributed by atoms with Crippen LogP contribution in [0.4, 0.5) is 15.8 Å². The number of carbonyl (C=O) groups excluding carboxylic acids is 1. The Hall–Kier alpha value is -2.79. The molecule has 1 heterocycles. The van der Waals surface area contributed by atoms with Gasteiger partial charge in [0.2, 0.25) is 5.91 Å². The fourth-order valence-electron chi connectivity index (χ4n) is 2.42. The molecule has 1 amide bonds. The predicted molar refractivity (Wildman–Crippen MR) is 106 cm³/mol. The van der Waals surface area contributed by atoms with E-state index < -0.39 is 5.82 Å². The van der Waals surface area contributed by atoms with E-state index in [0.717, 1.165) is 22.7 Å². The minimum absolute atomic E-state index is 0.0141. The number of benzene rings is 2. The van der Waals surface area contributed by atoms with Crippen LogP contribution in [0.2, 0.25) is 5.02 Å². The number of rotatable bonds is 6. The Morgan fingerprint density at radius 3 is 2.44 bits per heavy atom. The lowest BCUT2D eigenvalue weighted by molar-refractivity contribution is -0.118. The lowest BCUT2D eigenvalue weighted by Gasteiger charge is -2.09. The number of anilines is 2. The Kier molecular flexibility index (Phi) is 5.81. The Morgan fingerprint density at radius 2 is 1.78 bits per heavy atom. The van der Waals surface area contributed by atoms with Crippen molar-refractivity contribution < 1.29 is 13.6 Å². The van der Waals surface area contributed by atoms with Crippen molar-refractivity contribution in [3.05, 3.63) is 71.2 Å². The van der Waals surface area contributed by atoms with Crippen LogP contribution in [-0.2, 0) is 11.3 Å². The van der Waals surface area contributed by atoms with Crippen LogP contribution in [0.15, 0.2) is 59.0 Å². The van der Waals surface area contributed by atoms with Crippen molar-refractivity contribution in [2.45, 2.75) is 20.4 Å². The molecular weight excluding hydrogens is 367 g/mol. The summed E-state index contributed by atoms with van der Waals surface area (Å²) in [6, 6.07) is 15.6. The van der Waals surface area contributed by atoms with Crippen molar-refractivity contribution in [3.63, 3.8) is 0 Å². The lowest BCUT2D eigenvalue weighted by atomic mass is 10.2. The summed E-state index contributed by atoms with van der Waals surface area (Å²) in [6.45, 7) is 4.19. The van der Waals surface area contributed by atoms with Crippen molar-refractivity contribution in [2.24, 2.45) is 5.92 Å². The molecule has 0 atom stereocenters. The highest BCUT2D eigenvalue weighted by Crippen LogP contribution is 2.27. The van der Waals surface area contributed by atoms with Gasteiger partial charge >= 0.3 is 0 Å². The maximum Gasteiger partial charge on any atom is 0.226 e. The average Bonchev–Trinajstić information content (AvgIpc) is 3.12. The summed E-state index contributed by atoms with van der Waals surface area (Å²) >= 11 is 5.82. The van der Waals surface area contributed by atoms with Gasteiger partial charge < -0.3 is 15.1 Å². The molecule has 0 aliphatic rings. The van der Waals surface area contributed by atoms with Crippen molar-refractivity contribution in [3.8, 4) is 11.3 Å². The highest BCUT2D eigenvalue weighted by Gasteiger charge is 2.09. The van der Waals surface area contributed by atoms with E-state index in [9.17, 15) is 9.18 Å². The molecule has 0 radical (unpaired) electrons. The first-order chi connectivity index (χ1) is 12.9. The van der Waals surface area contributed by atoms with Gasteiger partial charge in [0.25, 0.3) is 0 Å². The van der Waals surface area contributed by atoms with Crippen molar-refractivity contribution in [2.75, 3.05) is 10.6 Å². The number of hydrogen-bond acceptors (Lipinski definition) is 3. The second-order valence-electron chi connectivity index (χ2n) is 6.47. The monoisotopic (exact) mass is 386 g/mol. The van der Waals surface area contributed by atoms with Crippen LogP contribution in [0, 0.1) is 11.7 Å². The molecule has 0 aliphatic carbocycles. The third-order valence-corrected chi connectivity index (χ3v) is 4.30. The molecule has 3 rings (SSSR count). The first-order valence-electron chi connectivity index (χ1n) is 8.61. The number of halogens is 2. The zero-order chi connectivity index (χ0) is 19.4. The van der Waals surface area contributed by atoms with Gasteiger partial charge in [0.15, 0.2) is 0 Å². The highest BCUT2D eigenvalue weighted by atomic mass is 35.5. The molecule has 3 aromatic rings. The molecular formula is C21H20ClFN2O2. The van der Waals surface area contributed by atoms with Gasteiger partial charge in [-0.3, -0.25) is 4.79 Å². The molecule has 2 aromatic carbocycles. The van der Waals surface area contributed by atoms with Crippen molar-refractivity contribution in [1.29, 1.82) is 0 Å². The van der Waals surface area contributed by atoms with Crippen LogP contribution >= 0.6 is 11.6 Å². The minimum atomic E-state index is -0.457. The summed E-state index contributed by atoms with van der Waals surface area (Å²) in [5.74, 6) is 0.830. The predicted octanol–water partition coefficient (Wildman–Crippen LogP) is 5.95. The molecule has 0 spiro atoms. The Bertz CT molecular complexity index is 936. The Labute approximate surface area is 162 Å². The largest absolute Gasteiger partial charge is 0.459 e. The van der Waals surface area contributed by atoms with E-state index in [4.69, 9.17) is 16.0 Å². The van der Waals surface area contributed by atoms with Crippen molar-refractivity contribution >= 4 is 28.9 Å². The maximum absolute atomic E-state index is 13.3. The number of carbonyl (C=O) groups is 1. The van der Waals surface area contributed by atoms with Gasteiger partial charge in [-0.15, -0.1) is 0 Å². The van der Waals surface area contributed by atoms with Crippen LogP contribution in [0.3, 0.4) is 0 Å².